The Labute approximate surface area is 335 Å². The van der Waals surface area contributed by atoms with Crippen molar-refractivity contribution in [2.45, 2.75) is 88.3 Å². The number of nitrogens with zero attached hydrogens (tertiary/aromatic N) is 5. The van der Waals surface area contributed by atoms with Gasteiger partial charge >= 0.3 is 5.92 Å². The van der Waals surface area contributed by atoms with Crippen LogP contribution in [-0.4, -0.2) is 103 Å². The summed E-state index contributed by atoms with van der Waals surface area (Å²) >= 11 is 0. The number of carbonyl (C=O) groups excluding carboxylic acids is 5. The highest BCUT2D eigenvalue weighted by Gasteiger charge is 2.49. The van der Waals surface area contributed by atoms with Crippen LogP contribution in [0.3, 0.4) is 0 Å². The van der Waals surface area contributed by atoms with Gasteiger partial charge in [0, 0.05) is 63.7 Å². The van der Waals surface area contributed by atoms with Gasteiger partial charge in [-0.2, -0.15) is 13.8 Å². The lowest BCUT2D eigenvalue weighted by Gasteiger charge is -2.32. The zero-order valence-corrected chi connectivity index (χ0v) is 32.7. The van der Waals surface area contributed by atoms with Gasteiger partial charge in [-0.15, -0.1) is 0 Å². The van der Waals surface area contributed by atoms with E-state index in [1.807, 2.05) is 29.2 Å². The first kappa shape index (κ1) is 40.5. The predicted octanol–water partition coefficient (Wildman–Crippen LogP) is 4.01. The van der Waals surface area contributed by atoms with Crippen molar-refractivity contribution >= 4 is 52.7 Å². The molecule has 15 nitrogen and oxygen atoms in total. The van der Waals surface area contributed by atoms with Gasteiger partial charge in [-0.05, 0) is 61.4 Å². The van der Waals surface area contributed by atoms with Gasteiger partial charge in [-0.25, -0.2) is 4.98 Å². The van der Waals surface area contributed by atoms with Crippen molar-refractivity contribution in [2.24, 2.45) is 0 Å². The molecule has 1 aliphatic carbocycles. The monoisotopic (exact) mass is 801 g/mol. The highest BCUT2D eigenvalue weighted by atomic mass is 19.3. The standard InChI is InChI=1S/C41H49F2N9O6/c1-50-32-23-45-40(49-36(32)52(29-8-3-4-9-29)24-41(42,43)39(50)57)47-31-12-10-27(21-33(31)58-2)37(55)46-28-15-18-51(19-16-28)35(54)14-17-44-22-25-6-5-7-26(20-25)30-11-13-34(53)48-38(30)56/h5-7,10,12,20-21,23,28-30,44H,3-4,8-9,11,13-19,22,24H2,1-2H3,(H,46,55)(H,45,47,49)(H,48,53,56). The highest BCUT2D eigenvalue weighted by molar-refractivity contribution is 6.02. The van der Waals surface area contributed by atoms with Gasteiger partial charge in [-0.3, -0.25) is 29.3 Å². The maximum absolute atomic E-state index is 15.0. The second-order valence-electron chi connectivity index (χ2n) is 15.4. The number of carbonyl (C=O) groups is 5. The van der Waals surface area contributed by atoms with Crippen LogP contribution in [0.1, 0.15) is 85.2 Å². The number of hydrogen-bond donors (Lipinski definition) is 4. The van der Waals surface area contributed by atoms with Crippen LogP contribution in [0.4, 0.5) is 31.9 Å². The first-order chi connectivity index (χ1) is 27.9. The average molecular weight is 802 g/mol. The summed E-state index contributed by atoms with van der Waals surface area (Å²) in [5.74, 6) is -5.29. The fourth-order valence-corrected chi connectivity index (χ4v) is 8.22. The number of amides is 5. The first-order valence-corrected chi connectivity index (χ1v) is 19.9. The van der Waals surface area contributed by atoms with Gasteiger partial charge in [0.25, 0.3) is 11.8 Å². The number of aromatic nitrogens is 2. The van der Waals surface area contributed by atoms with Gasteiger partial charge in [0.05, 0.1) is 31.5 Å². The molecule has 0 spiro atoms. The molecule has 3 aromatic rings. The number of likely N-dealkylation sites (tertiary alicyclic amines) is 1. The lowest BCUT2D eigenvalue weighted by molar-refractivity contribution is -0.140. The number of imide groups is 1. The van der Waals surface area contributed by atoms with Crippen LogP contribution in [0.2, 0.25) is 0 Å². The lowest BCUT2D eigenvalue weighted by Crippen LogP contribution is -2.48. The van der Waals surface area contributed by atoms with Crippen molar-refractivity contribution < 1.29 is 37.5 Å². The molecule has 3 aliphatic heterocycles. The summed E-state index contributed by atoms with van der Waals surface area (Å²) in [5, 5.41) is 11.9. The number of halogens is 2. The Balaban J connectivity index is 0.893. The zero-order valence-electron chi connectivity index (χ0n) is 32.7. The van der Waals surface area contributed by atoms with Gasteiger partial charge in [0.15, 0.2) is 5.82 Å². The molecular weight excluding hydrogens is 753 g/mol. The summed E-state index contributed by atoms with van der Waals surface area (Å²) in [6.45, 7) is 1.29. The molecule has 7 rings (SSSR count). The molecule has 1 atom stereocenters. The highest BCUT2D eigenvalue weighted by Crippen LogP contribution is 2.40. The van der Waals surface area contributed by atoms with Gasteiger partial charge in [0.1, 0.15) is 11.4 Å². The van der Waals surface area contributed by atoms with Crippen molar-refractivity contribution in [3.63, 3.8) is 0 Å². The van der Waals surface area contributed by atoms with E-state index in [2.05, 4.69) is 31.2 Å². The minimum absolute atomic E-state index is 0.0329. The van der Waals surface area contributed by atoms with Crippen molar-refractivity contribution in [3.8, 4) is 5.75 Å². The molecule has 1 aromatic heterocycles. The summed E-state index contributed by atoms with van der Waals surface area (Å²) < 4.78 is 35.6. The number of piperidine rings is 2. The van der Waals surface area contributed by atoms with Crippen molar-refractivity contribution in [3.05, 3.63) is 65.4 Å². The Bertz CT molecular complexity index is 2050. The lowest BCUT2D eigenvalue weighted by atomic mass is 9.89. The zero-order chi connectivity index (χ0) is 41.0. The van der Waals surface area contributed by atoms with Crippen molar-refractivity contribution in [1.82, 2.24) is 30.8 Å². The number of methoxy groups -OCH3 is 1. The third kappa shape index (κ3) is 9.03. The van der Waals surface area contributed by atoms with E-state index in [0.29, 0.717) is 75.3 Å². The molecule has 5 amide bonds. The van der Waals surface area contributed by atoms with Gasteiger partial charge in [-0.1, -0.05) is 37.1 Å². The van der Waals surface area contributed by atoms with Crippen molar-refractivity contribution in [1.29, 1.82) is 0 Å². The molecule has 3 fully saturated rings. The topological polar surface area (TPSA) is 178 Å². The summed E-state index contributed by atoms with van der Waals surface area (Å²) in [7, 11) is 2.77. The first-order valence-electron chi connectivity index (χ1n) is 19.9. The van der Waals surface area contributed by atoms with Crippen LogP contribution in [0, 0.1) is 0 Å². The molecule has 2 aromatic carbocycles. The maximum atomic E-state index is 15.0. The minimum Gasteiger partial charge on any atom is -0.495 e. The van der Waals surface area contributed by atoms with E-state index in [9.17, 15) is 24.0 Å². The molecule has 4 N–H and O–H groups in total. The molecular formula is C41H49F2N9O6. The van der Waals surface area contributed by atoms with E-state index >= 15 is 8.78 Å². The molecule has 4 heterocycles. The molecule has 2 saturated heterocycles. The van der Waals surface area contributed by atoms with Crippen LogP contribution in [-0.2, 0) is 25.7 Å². The normalized spacial score (nSPS) is 20.0. The Morgan fingerprint density at radius 1 is 1.02 bits per heavy atom. The summed E-state index contributed by atoms with van der Waals surface area (Å²) in [4.78, 5) is 76.0. The number of fused-ring (bicyclic) bond motifs is 1. The maximum Gasteiger partial charge on any atom is 0.342 e. The van der Waals surface area contributed by atoms with E-state index < -0.39 is 18.4 Å². The summed E-state index contributed by atoms with van der Waals surface area (Å²) in [6.07, 6.45) is 6.98. The van der Waals surface area contributed by atoms with Crippen molar-refractivity contribution in [2.75, 3.05) is 55.5 Å². The Morgan fingerprint density at radius 3 is 2.53 bits per heavy atom. The Morgan fingerprint density at radius 2 is 1.79 bits per heavy atom. The number of rotatable bonds is 12. The van der Waals surface area contributed by atoms with Crippen LogP contribution in [0.15, 0.2) is 48.7 Å². The number of alkyl halides is 2. The number of nitrogens with one attached hydrogen (secondary N) is 4. The number of anilines is 4. The molecule has 58 heavy (non-hydrogen) atoms. The van der Waals surface area contributed by atoms with E-state index in [-0.39, 0.29) is 59.1 Å². The third-order valence-corrected chi connectivity index (χ3v) is 11.5. The van der Waals surface area contributed by atoms with Crippen LogP contribution >= 0.6 is 0 Å². The minimum atomic E-state index is -3.59. The third-order valence-electron chi connectivity index (χ3n) is 11.5. The molecule has 17 heteroatoms. The molecule has 4 aliphatic rings. The van der Waals surface area contributed by atoms with E-state index in [0.717, 1.165) is 41.7 Å². The molecule has 1 saturated carbocycles. The Hall–Kier alpha value is -5.71. The largest absolute Gasteiger partial charge is 0.495 e. The van der Waals surface area contributed by atoms with Crippen LogP contribution in [0.25, 0.3) is 0 Å². The SMILES string of the molecule is COc1cc(C(=O)NC2CCN(C(=O)CCNCc3cccc(C4CCC(=O)NC4=O)c3)CC2)ccc1Nc1ncc2c(n1)N(C1CCCC1)CC(F)(F)C(=O)N2C. The number of benzene rings is 2. The quantitative estimate of drug-likeness (QED) is 0.154. The van der Waals surface area contributed by atoms with Crippen LogP contribution in [0.5, 0.6) is 5.75 Å². The van der Waals surface area contributed by atoms with Crippen LogP contribution < -0.4 is 35.8 Å². The van der Waals surface area contributed by atoms with E-state index in [1.165, 1.54) is 25.3 Å². The predicted molar refractivity (Wildman–Crippen MR) is 211 cm³/mol. The fraction of sp³-hybridized carbons (Fsp3) is 0.488. The second-order valence-corrected chi connectivity index (χ2v) is 15.4. The molecule has 0 radical (unpaired) electrons. The number of ether oxygens (including phenoxy) is 1. The van der Waals surface area contributed by atoms with E-state index in [1.54, 1.807) is 18.2 Å². The van der Waals surface area contributed by atoms with E-state index in [4.69, 9.17) is 4.74 Å². The molecule has 0 bridgehead atoms. The second kappa shape index (κ2) is 17.4. The molecule has 1 unspecified atom stereocenters. The average Bonchev–Trinajstić information content (AvgIpc) is 3.74. The fourth-order valence-electron chi connectivity index (χ4n) is 8.22. The number of hydrogen-bond acceptors (Lipinski definition) is 11. The smallest absolute Gasteiger partial charge is 0.342 e. The summed E-state index contributed by atoms with van der Waals surface area (Å²) in [6, 6.07) is 12.3. The van der Waals surface area contributed by atoms with Gasteiger partial charge in [0.2, 0.25) is 23.7 Å². The summed E-state index contributed by atoms with van der Waals surface area (Å²) in [5.41, 5.74) is 2.89. The Kier molecular flexibility index (Phi) is 12.2. The molecule has 308 valence electrons. The van der Waals surface area contributed by atoms with Gasteiger partial charge < -0.3 is 35.4 Å².